The van der Waals surface area contributed by atoms with E-state index in [1.807, 2.05) is 25.2 Å². The van der Waals surface area contributed by atoms with Gasteiger partial charge in [-0.2, -0.15) is 13.5 Å². The molecule has 0 aromatic carbocycles. The summed E-state index contributed by atoms with van der Waals surface area (Å²) in [4.78, 5) is 4.29. The van der Waals surface area contributed by atoms with Crippen molar-refractivity contribution in [2.45, 2.75) is 32.4 Å². The molecule has 0 amide bonds. The summed E-state index contributed by atoms with van der Waals surface area (Å²) in [6.45, 7) is 6.70. The van der Waals surface area contributed by atoms with Crippen LogP contribution in [0.25, 0.3) is 0 Å². The van der Waals surface area contributed by atoms with Gasteiger partial charge >= 0.3 is 0 Å². The van der Waals surface area contributed by atoms with E-state index in [9.17, 15) is 5.11 Å². The zero-order chi connectivity index (χ0) is 12.2. The minimum atomic E-state index is -0.576. The molecule has 1 rings (SSSR count). The molecular formula is C12H23N3OS. The lowest BCUT2D eigenvalue weighted by Crippen LogP contribution is -2.38. The van der Waals surface area contributed by atoms with Crippen LogP contribution in [0.3, 0.4) is 0 Å². The Morgan fingerprint density at radius 3 is 2.53 bits per heavy atom. The van der Waals surface area contributed by atoms with Crippen molar-refractivity contribution in [3.63, 3.8) is 0 Å². The Bertz CT molecular complexity index is 339. The number of nitrogens with one attached hydrogen (secondary N) is 2. The largest absolute Gasteiger partial charge is 0.385 e. The van der Waals surface area contributed by atoms with Gasteiger partial charge in [0.1, 0.15) is 11.9 Å². The topological polar surface area (TPSA) is 57.2 Å². The molecule has 17 heavy (non-hydrogen) atoms. The maximum absolute atomic E-state index is 9.95. The van der Waals surface area contributed by atoms with Crippen LogP contribution in [0.4, 0.5) is 5.82 Å². The Kier molecular flexibility index (Phi) is 6.52. The van der Waals surface area contributed by atoms with Crippen LogP contribution in [0.2, 0.25) is 0 Å². The van der Waals surface area contributed by atoms with Crippen molar-refractivity contribution < 1.29 is 5.11 Å². The molecule has 5 heteroatoms. The number of nitrogens with zero attached hydrogens (tertiary/aromatic N) is 1. The van der Waals surface area contributed by atoms with Gasteiger partial charge in [0.2, 0.25) is 0 Å². The third-order valence-corrected chi connectivity index (χ3v) is 2.19. The van der Waals surface area contributed by atoms with E-state index in [-0.39, 0.29) is 19.0 Å². The van der Waals surface area contributed by atoms with Crippen LogP contribution in [0.5, 0.6) is 0 Å². The highest BCUT2D eigenvalue weighted by Gasteiger charge is 2.14. The number of anilines is 1. The molecule has 0 aliphatic rings. The highest BCUT2D eigenvalue weighted by Crippen LogP contribution is 2.13. The zero-order valence-corrected chi connectivity index (χ0v) is 11.9. The molecule has 4 nitrogen and oxygen atoms in total. The van der Waals surface area contributed by atoms with Crippen molar-refractivity contribution in [3.8, 4) is 0 Å². The molecule has 1 heterocycles. The van der Waals surface area contributed by atoms with Gasteiger partial charge in [-0.15, -0.1) is 0 Å². The zero-order valence-electron chi connectivity index (χ0n) is 10.9. The van der Waals surface area contributed by atoms with Gasteiger partial charge in [-0.1, -0.05) is 6.07 Å². The van der Waals surface area contributed by atoms with Gasteiger partial charge in [0.25, 0.3) is 0 Å². The minimum absolute atomic E-state index is 0. The first-order valence-electron chi connectivity index (χ1n) is 5.50. The molecular weight excluding hydrogens is 234 g/mol. The molecule has 3 N–H and O–H groups in total. The number of rotatable bonds is 4. The molecule has 1 aromatic heterocycles. The molecule has 0 bridgehead atoms. The number of hydrogen-bond acceptors (Lipinski definition) is 4. The summed E-state index contributed by atoms with van der Waals surface area (Å²) < 4.78 is 0. The lowest BCUT2D eigenvalue weighted by Gasteiger charge is -2.22. The molecule has 98 valence electrons. The fraction of sp³-hybridized carbons (Fsp3) is 0.583. The highest BCUT2D eigenvalue weighted by atomic mass is 32.1. The molecule has 1 aromatic rings. The van der Waals surface area contributed by atoms with E-state index in [1.54, 1.807) is 0 Å². The van der Waals surface area contributed by atoms with Gasteiger partial charge in [-0.05, 0) is 32.9 Å². The van der Waals surface area contributed by atoms with E-state index in [4.69, 9.17) is 0 Å². The van der Waals surface area contributed by atoms with E-state index >= 15 is 0 Å². The summed E-state index contributed by atoms with van der Waals surface area (Å²) in [5.74, 6) is 0.771. The van der Waals surface area contributed by atoms with Crippen molar-refractivity contribution in [2.75, 3.05) is 18.9 Å². The highest BCUT2D eigenvalue weighted by molar-refractivity contribution is 7.59. The van der Waals surface area contributed by atoms with Crippen molar-refractivity contribution in [1.82, 2.24) is 10.3 Å². The third-order valence-electron chi connectivity index (χ3n) is 2.19. The van der Waals surface area contributed by atoms with E-state index in [2.05, 4.69) is 36.4 Å². The van der Waals surface area contributed by atoms with Gasteiger partial charge in [0, 0.05) is 19.1 Å². The Morgan fingerprint density at radius 1 is 1.35 bits per heavy atom. The van der Waals surface area contributed by atoms with Crippen LogP contribution in [-0.2, 0) is 0 Å². The van der Waals surface area contributed by atoms with Crippen molar-refractivity contribution in [1.29, 1.82) is 0 Å². The average Bonchev–Trinajstić information content (AvgIpc) is 2.25. The number of hydrogen-bond donors (Lipinski definition) is 3. The number of aliphatic hydroxyl groups is 1. The summed E-state index contributed by atoms with van der Waals surface area (Å²) in [6, 6.07) is 5.58. The maximum atomic E-state index is 9.95. The second kappa shape index (κ2) is 6.83. The second-order valence-corrected chi connectivity index (χ2v) is 4.84. The van der Waals surface area contributed by atoms with Crippen LogP contribution < -0.4 is 10.6 Å². The van der Waals surface area contributed by atoms with E-state index < -0.39 is 6.10 Å². The van der Waals surface area contributed by atoms with Crippen LogP contribution >= 0.6 is 13.5 Å². The minimum Gasteiger partial charge on any atom is -0.385 e. The van der Waals surface area contributed by atoms with Gasteiger partial charge in [-0.25, -0.2) is 4.98 Å². The number of aromatic nitrogens is 1. The Balaban J connectivity index is 0.00000256. The van der Waals surface area contributed by atoms with Crippen molar-refractivity contribution >= 4 is 19.3 Å². The SMILES string of the molecule is CNc1cccc([C@@H](O)CNC(C)(C)C)n1.S. The predicted molar refractivity (Wildman–Crippen MR) is 76.9 cm³/mol. The van der Waals surface area contributed by atoms with Crippen LogP contribution in [0.15, 0.2) is 18.2 Å². The fourth-order valence-corrected chi connectivity index (χ4v) is 1.28. The summed E-state index contributed by atoms with van der Waals surface area (Å²) in [5.41, 5.74) is 0.685. The summed E-state index contributed by atoms with van der Waals surface area (Å²) in [6.07, 6.45) is -0.576. The Hall–Kier alpha value is -0.780. The number of aliphatic hydroxyl groups excluding tert-OH is 1. The van der Waals surface area contributed by atoms with Gasteiger partial charge in [-0.3, -0.25) is 0 Å². The third kappa shape index (κ3) is 5.91. The summed E-state index contributed by atoms with van der Waals surface area (Å²) in [7, 11) is 1.81. The molecule has 0 fully saturated rings. The normalized spacial score (nSPS) is 12.8. The summed E-state index contributed by atoms with van der Waals surface area (Å²) >= 11 is 0. The van der Waals surface area contributed by atoms with Crippen LogP contribution in [0, 0.1) is 0 Å². The first-order chi connectivity index (χ1) is 7.42. The van der Waals surface area contributed by atoms with Crippen molar-refractivity contribution in [2.24, 2.45) is 0 Å². The smallest absolute Gasteiger partial charge is 0.126 e. The maximum Gasteiger partial charge on any atom is 0.126 e. The molecule has 0 spiro atoms. The first-order valence-corrected chi connectivity index (χ1v) is 5.50. The Morgan fingerprint density at radius 2 is 2.00 bits per heavy atom. The fourth-order valence-electron chi connectivity index (χ4n) is 1.28. The summed E-state index contributed by atoms with van der Waals surface area (Å²) in [5, 5.41) is 16.2. The quantitative estimate of drug-likeness (QED) is 0.768. The van der Waals surface area contributed by atoms with E-state index in [0.29, 0.717) is 12.2 Å². The lowest BCUT2D eigenvalue weighted by molar-refractivity contribution is 0.159. The second-order valence-electron chi connectivity index (χ2n) is 4.84. The van der Waals surface area contributed by atoms with E-state index in [0.717, 1.165) is 5.82 Å². The van der Waals surface area contributed by atoms with Gasteiger partial charge in [0.15, 0.2) is 0 Å². The Labute approximate surface area is 110 Å². The molecule has 0 saturated heterocycles. The first kappa shape index (κ1) is 16.2. The predicted octanol–water partition coefficient (Wildman–Crippen LogP) is 1.66. The monoisotopic (exact) mass is 257 g/mol. The molecule has 0 aliphatic heterocycles. The standard InChI is InChI=1S/C12H21N3O.H2S/c1-12(2,3)14-8-10(16)9-6-5-7-11(13-4)15-9;/h5-7,10,14,16H,8H2,1-4H3,(H,13,15);1H2/t10-;/m0./s1. The van der Waals surface area contributed by atoms with Crippen molar-refractivity contribution in [3.05, 3.63) is 23.9 Å². The molecule has 0 aliphatic carbocycles. The van der Waals surface area contributed by atoms with Crippen LogP contribution in [-0.4, -0.2) is 29.2 Å². The molecule has 0 unspecified atom stereocenters. The van der Waals surface area contributed by atoms with Crippen LogP contribution in [0.1, 0.15) is 32.6 Å². The average molecular weight is 257 g/mol. The van der Waals surface area contributed by atoms with Gasteiger partial charge < -0.3 is 15.7 Å². The van der Waals surface area contributed by atoms with E-state index in [1.165, 1.54) is 0 Å². The lowest BCUT2D eigenvalue weighted by atomic mass is 10.1. The molecule has 0 saturated carbocycles. The molecule has 0 radical (unpaired) electrons. The number of β-amino-alcohol motifs (C(OH)–C–C–N with tert-alkyl or cyclic N) is 1. The number of pyridine rings is 1. The van der Waals surface area contributed by atoms with Gasteiger partial charge in [0.05, 0.1) is 5.69 Å². The molecule has 1 atom stereocenters.